The second-order valence-corrected chi connectivity index (χ2v) is 4.84. The van der Waals surface area contributed by atoms with Crippen LogP contribution in [-0.4, -0.2) is 23.5 Å². The second kappa shape index (κ2) is 18.4. The van der Waals surface area contributed by atoms with Gasteiger partial charge in [-0.3, -0.25) is 9.59 Å². The lowest BCUT2D eigenvalue weighted by molar-refractivity contribution is -0.137. The summed E-state index contributed by atoms with van der Waals surface area (Å²) in [7, 11) is 0. The molecule has 21 heavy (non-hydrogen) atoms. The molecule has 0 rings (SSSR count). The van der Waals surface area contributed by atoms with Gasteiger partial charge >= 0.3 is 5.97 Å². The molecule has 122 valence electrons. The maximum absolute atomic E-state index is 11.0. The Morgan fingerprint density at radius 2 is 1.57 bits per heavy atom. The molecule has 0 saturated heterocycles. The van der Waals surface area contributed by atoms with Gasteiger partial charge in [-0.1, -0.05) is 38.3 Å². The summed E-state index contributed by atoms with van der Waals surface area (Å²) in [5, 5.41) is 10.6. The van der Waals surface area contributed by atoms with Crippen molar-refractivity contribution < 1.29 is 14.7 Å². The minimum absolute atomic E-state index is 0.189. The van der Waals surface area contributed by atoms with Gasteiger partial charge in [0, 0.05) is 6.42 Å². The molecular formula is C17H31NO3. The molecule has 0 aromatic rings. The van der Waals surface area contributed by atoms with Gasteiger partial charge in [-0.15, -0.1) is 13.2 Å². The van der Waals surface area contributed by atoms with E-state index in [4.69, 9.17) is 5.11 Å². The van der Waals surface area contributed by atoms with Crippen LogP contribution in [0.25, 0.3) is 0 Å². The van der Waals surface area contributed by atoms with Crippen molar-refractivity contribution in [3.8, 4) is 0 Å². The first-order valence-electron chi connectivity index (χ1n) is 7.78. The number of carboxylic acid groups (broad SMARTS) is 1. The zero-order chi connectivity index (χ0) is 16.3. The zero-order valence-electron chi connectivity index (χ0n) is 13.4. The van der Waals surface area contributed by atoms with Crippen LogP contribution in [0.4, 0.5) is 0 Å². The van der Waals surface area contributed by atoms with Crippen molar-refractivity contribution in [3.63, 3.8) is 0 Å². The van der Waals surface area contributed by atoms with Gasteiger partial charge in [-0.2, -0.15) is 0 Å². The molecule has 4 heteroatoms. The number of unbranched alkanes of at least 4 members (excludes halogenated alkanes) is 6. The highest BCUT2D eigenvalue weighted by molar-refractivity contribution is 5.80. The van der Waals surface area contributed by atoms with E-state index in [1.807, 2.05) is 12.2 Å². The quantitative estimate of drug-likeness (QED) is 0.421. The van der Waals surface area contributed by atoms with Crippen LogP contribution in [0.3, 0.4) is 0 Å². The van der Waals surface area contributed by atoms with Gasteiger partial charge in [0.1, 0.15) is 6.54 Å². The Morgan fingerprint density at radius 3 is 2.05 bits per heavy atom. The van der Waals surface area contributed by atoms with Crippen LogP contribution < -0.4 is 5.32 Å². The molecule has 0 aliphatic heterocycles. The maximum Gasteiger partial charge on any atom is 0.322 e. The highest BCUT2D eigenvalue weighted by Gasteiger charge is 2.02. The number of carboxylic acids is 1. The molecule has 1 amide bonds. The molecule has 0 aliphatic carbocycles. The lowest BCUT2D eigenvalue weighted by atomic mass is 10.1. The van der Waals surface area contributed by atoms with Crippen LogP contribution in [-0.2, 0) is 9.59 Å². The number of hydrogen-bond acceptors (Lipinski definition) is 2. The van der Waals surface area contributed by atoms with Gasteiger partial charge in [-0.05, 0) is 32.1 Å². The highest BCUT2D eigenvalue weighted by Crippen LogP contribution is 2.02. The van der Waals surface area contributed by atoms with Gasteiger partial charge in [0.15, 0.2) is 0 Å². The minimum atomic E-state index is -1.01. The van der Waals surface area contributed by atoms with Crippen molar-refractivity contribution in [2.75, 3.05) is 6.54 Å². The summed E-state index contributed by atoms with van der Waals surface area (Å²) in [6.45, 7) is 9.16. The molecule has 0 unspecified atom stereocenters. The Morgan fingerprint density at radius 1 is 1.00 bits per heavy atom. The van der Waals surface area contributed by atoms with Gasteiger partial charge < -0.3 is 10.4 Å². The van der Waals surface area contributed by atoms with E-state index in [1.165, 1.54) is 25.7 Å². The fourth-order valence-electron chi connectivity index (χ4n) is 1.55. The van der Waals surface area contributed by atoms with E-state index in [9.17, 15) is 9.59 Å². The fraction of sp³-hybridized carbons (Fsp3) is 0.647. The Bertz CT molecular complexity index is 288. The molecule has 0 atom stereocenters. The third-order valence-corrected chi connectivity index (χ3v) is 2.76. The van der Waals surface area contributed by atoms with E-state index in [0.29, 0.717) is 6.42 Å². The van der Waals surface area contributed by atoms with Gasteiger partial charge in [-0.25, -0.2) is 0 Å². The average molecular weight is 297 g/mol. The SMILES string of the molecule is C=CCCCCC.C=CCCCCCC(=O)NCC(=O)O. The summed E-state index contributed by atoms with van der Waals surface area (Å²) in [6.07, 6.45) is 13.2. The van der Waals surface area contributed by atoms with Crippen LogP contribution >= 0.6 is 0 Å². The first kappa shape index (κ1) is 21.7. The van der Waals surface area contributed by atoms with E-state index < -0.39 is 5.97 Å². The standard InChI is InChI=1S/C10H17NO3.C7H14/c1-2-3-4-5-6-7-9(12)11-8-10(13)14;1-3-5-7-6-4-2/h2H,1,3-8H2,(H,11,12)(H,13,14);3H,1,4-7H2,2H3. The number of amides is 1. The van der Waals surface area contributed by atoms with Gasteiger partial charge in [0.05, 0.1) is 0 Å². The summed E-state index contributed by atoms with van der Waals surface area (Å²) < 4.78 is 0. The minimum Gasteiger partial charge on any atom is -0.480 e. The average Bonchev–Trinajstić information content (AvgIpc) is 2.46. The summed E-state index contributed by atoms with van der Waals surface area (Å²) in [4.78, 5) is 21.1. The highest BCUT2D eigenvalue weighted by atomic mass is 16.4. The van der Waals surface area contributed by atoms with Crippen molar-refractivity contribution in [2.24, 2.45) is 0 Å². The van der Waals surface area contributed by atoms with Gasteiger partial charge in [0.25, 0.3) is 0 Å². The summed E-state index contributed by atoms with van der Waals surface area (Å²) in [6, 6.07) is 0. The van der Waals surface area contributed by atoms with E-state index in [2.05, 4.69) is 25.4 Å². The normalized spacial score (nSPS) is 9.19. The van der Waals surface area contributed by atoms with E-state index >= 15 is 0 Å². The Kier molecular flexibility index (Phi) is 19.0. The third kappa shape index (κ3) is 23.9. The van der Waals surface area contributed by atoms with Crippen LogP contribution in [0.15, 0.2) is 25.3 Å². The lowest BCUT2D eigenvalue weighted by Gasteiger charge is -2.01. The molecule has 0 aliphatic rings. The van der Waals surface area contributed by atoms with Crippen LogP contribution in [0, 0.1) is 0 Å². The van der Waals surface area contributed by atoms with E-state index in [-0.39, 0.29) is 12.5 Å². The topological polar surface area (TPSA) is 66.4 Å². The summed E-state index contributed by atoms with van der Waals surface area (Å²) in [5.74, 6) is -1.20. The first-order chi connectivity index (χ1) is 10.1. The largest absolute Gasteiger partial charge is 0.480 e. The second-order valence-electron chi connectivity index (χ2n) is 4.84. The Hall–Kier alpha value is -1.58. The van der Waals surface area contributed by atoms with Gasteiger partial charge in [0.2, 0.25) is 5.91 Å². The van der Waals surface area contributed by atoms with Crippen LogP contribution in [0.1, 0.15) is 64.7 Å². The predicted octanol–water partition coefficient (Wildman–Crippen LogP) is 4.08. The molecule has 0 fully saturated rings. The number of aliphatic carboxylic acids is 1. The first-order valence-corrected chi connectivity index (χ1v) is 7.78. The molecule has 0 radical (unpaired) electrons. The smallest absolute Gasteiger partial charge is 0.322 e. The predicted molar refractivity (Wildman–Crippen MR) is 88.3 cm³/mol. The zero-order valence-corrected chi connectivity index (χ0v) is 13.4. The summed E-state index contributed by atoms with van der Waals surface area (Å²) >= 11 is 0. The van der Waals surface area contributed by atoms with Crippen molar-refractivity contribution in [1.29, 1.82) is 0 Å². The van der Waals surface area contributed by atoms with Crippen LogP contribution in [0.5, 0.6) is 0 Å². The number of rotatable bonds is 12. The van der Waals surface area contributed by atoms with Crippen molar-refractivity contribution in [2.45, 2.75) is 64.7 Å². The molecule has 0 aromatic heterocycles. The number of allylic oxidation sites excluding steroid dienone is 2. The number of hydrogen-bond donors (Lipinski definition) is 2. The molecule has 4 nitrogen and oxygen atoms in total. The molecule has 0 saturated carbocycles. The van der Waals surface area contributed by atoms with Crippen molar-refractivity contribution in [3.05, 3.63) is 25.3 Å². The van der Waals surface area contributed by atoms with Crippen LogP contribution in [0.2, 0.25) is 0 Å². The molecule has 2 N–H and O–H groups in total. The van der Waals surface area contributed by atoms with E-state index in [0.717, 1.165) is 25.7 Å². The molecule has 0 aromatic carbocycles. The van der Waals surface area contributed by atoms with E-state index in [1.54, 1.807) is 0 Å². The Labute approximate surface area is 129 Å². The molecule has 0 spiro atoms. The molecular weight excluding hydrogens is 266 g/mol. The molecule has 0 bridgehead atoms. The number of carbonyl (C=O) groups is 2. The Balaban J connectivity index is 0. The lowest BCUT2D eigenvalue weighted by Crippen LogP contribution is -2.28. The maximum atomic E-state index is 11.0. The number of carbonyl (C=O) groups excluding carboxylic acids is 1. The fourth-order valence-corrected chi connectivity index (χ4v) is 1.55. The third-order valence-electron chi connectivity index (χ3n) is 2.76. The number of nitrogens with one attached hydrogen (secondary N) is 1. The van der Waals surface area contributed by atoms with Crippen molar-refractivity contribution >= 4 is 11.9 Å². The molecule has 0 heterocycles. The van der Waals surface area contributed by atoms with Crippen molar-refractivity contribution in [1.82, 2.24) is 5.32 Å². The monoisotopic (exact) mass is 297 g/mol. The summed E-state index contributed by atoms with van der Waals surface area (Å²) in [5.41, 5.74) is 0.